The zero-order valence-electron chi connectivity index (χ0n) is 28.8. The van der Waals surface area contributed by atoms with Crippen molar-refractivity contribution in [3.05, 3.63) is 131 Å². The summed E-state index contributed by atoms with van der Waals surface area (Å²) in [5.74, 6) is -0.490. The Hall–Kier alpha value is -4.58. The Morgan fingerprint density at radius 2 is 1.60 bits per heavy atom. The molecule has 0 bridgehead atoms. The van der Waals surface area contributed by atoms with Gasteiger partial charge in [-0.2, -0.15) is 0 Å². The van der Waals surface area contributed by atoms with Crippen molar-refractivity contribution in [2.45, 2.75) is 64.1 Å². The number of ether oxygens (including phenoxy) is 3. The number of amides is 2. The minimum Gasteiger partial charge on any atom is -0.465 e. The van der Waals surface area contributed by atoms with Crippen molar-refractivity contribution < 1.29 is 34.0 Å². The fourth-order valence-corrected chi connectivity index (χ4v) is 6.03. The number of nitrogens with zero attached hydrogens (tertiary/aromatic N) is 1. The summed E-state index contributed by atoms with van der Waals surface area (Å²) in [4.78, 5) is 25.9. The molecule has 50 heavy (non-hydrogen) atoms. The van der Waals surface area contributed by atoms with Gasteiger partial charge in [0.2, 0.25) is 0 Å². The van der Waals surface area contributed by atoms with E-state index in [0.717, 1.165) is 38.9 Å². The number of hydrogen-bond acceptors (Lipinski definition) is 8. The molecule has 1 saturated heterocycles. The summed E-state index contributed by atoms with van der Waals surface area (Å²) in [5, 5.41) is 26.0. The topological polar surface area (TPSA) is 130 Å². The minimum absolute atomic E-state index is 0.0284. The van der Waals surface area contributed by atoms with Crippen molar-refractivity contribution in [2.24, 2.45) is 0 Å². The van der Waals surface area contributed by atoms with E-state index in [9.17, 15) is 19.8 Å². The van der Waals surface area contributed by atoms with E-state index >= 15 is 0 Å². The lowest BCUT2D eigenvalue weighted by Gasteiger charge is -2.39. The fraction of sp³-hybridized carbons (Fsp3) is 0.350. The summed E-state index contributed by atoms with van der Waals surface area (Å²) in [7, 11) is 2.00. The second-order valence-corrected chi connectivity index (χ2v) is 12.6. The highest BCUT2D eigenvalue weighted by Gasteiger charge is 2.34. The van der Waals surface area contributed by atoms with Gasteiger partial charge in [-0.3, -0.25) is 9.69 Å². The lowest BCUT2D eigenvalue weighted by molar-refractivity contribution is -0.253. The summed E-state index contributed by atoms with van der Waals surface area (Å²) in [5.41, 5.74) is 6.39. The van der Waals surface area contributed by atoms with Gasteiger partial charge in [-0.1, -0.05) is 91.0 Å². The number of carbonyl (C=O) groups excluding carboxylic acids is 2. The van der Waals surface area contributed by atoms with Crippen LogP contribution in [-0.2, 0) is 32.2 Å². The lowest BCUT2D eigenvalue weighted by Crippen LogP contribution is -2.43. The van der Waals surface area contributed by atoms with E-state index < -0.39 is 24.4 Å². The molecule has 4 aromatic rings. The second kappa shape index (κ2) is 17.9. The monoisotopic (exact) mass is 681 g/mol. The van der Waals surface area contributed by atoms with E-state index in [1.54, 1.807) is 6.92 Å². The van der Waals surface area contributed by atoms with Crippen LogP contribution in [0.3, 0.4) is 0 Å². The molecule has 0 aliphatic carbocycles. The van der Waals surface area contributed by atoms with E-state index in [1.807, 2.05) is 111 Å². The van der Waals surface area contributed by atoms with E-state index in [-0.39, 0.29) is 44.6 Å². The number of hydrogen-bond donors (Lipinski definition) is 4. The van der Waals surface area contributed by atoms with Gasteiger partial charge in [0.05, 0.1) is 31.5 Å². The Balaban J connectivity index is 1.31. The number of likely N-dealkylation sites (N-methyl/N-ethyl adjacent to an activating group) is 1. The first-order chi connectivity index (χ1) is 24.2. The van der Waals surface area contributed by atoms with Crippen LogP contribution in [0.5, 0.6) is 0 Å². The van der Waals surface area contributed by atoms with Gasteiger partial charge in [0.1, 0.15) is 6.54 Å². The second-order valence-electron chi connectivity index (χ2n) is 12.6. The number of urea groups is 1. The summed E-state index contributed by atoms with van der Waals surface area (Å²) in [6.07, 6.45) is -1.12. The summed E-state index contributed by atoms with van der Waals surface area (Å²) >= 11 is 0. The average molecular weight is 682 g/mol. The maximum Gasteiger partial charge on any atom is 0.325 e. The number of nitrogens with one attached hydrogen (secondary N) is 2. The molecule has 0 saturated carbocycles. The molecule has 1 fully saturated rings. The predicted molar refractivity (Wildman–Crippen MR) is 191 cm³/mol. The molecular formula is C40H47N3O7. The van der Waals surface area contributed by atoms with Gasteiger partial charge in [-0.15, -0.1) is 0 Å². The van der Waals surface area contributed by atoms with Gasteiger partial charge in [0.15, 0.2) is 6.29 Å². The van der Waals surface area contributed by atoms with Crippen LogP contribution in [0.25, 0.3) is 11.1 Å². The molecule has 0 unspecified atom stereocenters. The standard InChI is InChI=1S/C40H47N3O7/c1-4-48-37(45)24-42-40(47)41-23-29-10-8-13-32(20-29)33-14-9-15-34(21-33)39-49-35(22-36(50-39)30-18-16-28(26-44)17-19-30)25-43(3)27(2)38(46)31-11-6-5-7-12-31/h5-21,27,35-36,38-39,44,46H,4,22-26H2,1-3H3,(H2,41,42,47)/t27-,35-,36+,38-,39+/m0/s1. The summed E-state index contributed by atoms with van der Waals surface area (Å²) < 4.78 is 18.1. The Labute approximate surface area is 294 Å². The predicted octanol–water partition coefficient (Wildman–Crippen LogP) is 5.81. The molecule has 5 rings (SSSR count). The van der Waals surface area contributed by atoms with Crippen molar-refractivity contribution in [3.63, 3.8) is 0 Å². The van der Waals surface area contributed by atoms with Gasteiger partial charge < -0.3 is 35.1 Å². The van der Waals surface area contributed by atoms with Crippen molar-refractivity contribution in [1.82, 2.24) is 15.5 Å². The summed E-state index contributed by atoms with van der Waals surface area (Å²) in [6, 6.07) is 32.8. The van der Waals surface area contributed by atoms with Crippen LogP contribution in [0.15, 0.2) is 103 Å². The fourth-order valence-electron chi connectivity index (χ4n) is 6.03. The van der Waals surface area contributed by atoms with Crippen LogP contribution < -0.4 is 10.6 Å². The molecule has 1 heterocycles. The molecule has 10 heteroatoms. The third-order valence-electron chi connectivity index (χ3n) is 8.97. The van der Waals surface area contributed by atoms with Crippen LogP contribution >= 0.6 is 0 Å². The molecule has 0 radical (unpaired) electrons. The van der Waals surface area contributed by atoms with Crippen molar-refractivity contribution >= 4 is 12.0 Å². The van der Waals surface area contributed by atoms with Crippen LogP contribution in [-0.4, -0.2) is 66.0 Å². The number of esters is 1. The molecule has 264 valence electrons. The molecule has 4 N–H and O–H groups in total. The number of rotatable bonds is 14. The van der Waals surface area contributed by atoms with Crippen molar-refractivity contribution in [1.29, 1.82) is 0 Å². The first-order valence-corrected chi connectivity index (χ1v) is 17.0. The zero-order chi connectivity index (χ0) is 35.5. The quantitative estimate of drug-likeness (QED) is 0.123. The first kappa shape index (κ1) is 36.7. The van der Waals surface area contributed by atoms with E-state index in [2.05, 4.69) is 21.6 Å². The van der Waals surface area contributed by atoms with Crippen molar-refractivity contribution in [2.75, 3.05) is 26.7 Å². The van der Waals surface area contributed by atoms with Crippen LogP contribution in [0.2, 0.25) is 0 Å². The summed E-state index contributed by atoms with van der Waals surface area (Å²) in [6.45, 7) is 4.62. The van der Waals surface area contributed by atoms with E-state index in [4.69, 9.17) is 14.2 Å². The van der Waals surface area contributed by atoms with Crippen molar-refractivity contribution in [3.8, 4) is 11.1 Å². The van der Waals surface area contributed by atoms with Crippen LogP contribution in [0.1, 0.15) is 66.6 Å². The molecule has 4 aromatic carbocycles. The van der Waals surface area contributed by atoms with Crippen LogP contribution in [0, 0.1) is 0 Å². The smallest absolute Gasteiger partial charge is 0.325 e. The Morgan fingerprint density at radius 1 is 0.880 bits per heavy atom. The maximum absolute atomic E-state index is 12.2. The Kier molecular flexibility index (Phi) is 13.1. The number of aliphatic hydroxyl groups excluding tert-OH is 2. The van der Waals surface area contributed by atoms with Gasteiger partial charge in [-0.25, -0.2) is 4.79 Å². The zero-order valence-corrected chi connectivity index (χ0v) is 28.8. The van der Waals surface area contributed by atoms with Gasteiger partial charge in [-0.05, 0) is 66.4 Å². The Morgan fingerprint density at radius 3 is 2.32 bits per heavy atom. The molecule has 10 nitrogen and oxygen atoms in total. The molecule has 1 aliphatic heterocycles. The third kappa shape index (κ3) is 9.99. The molecule has 2 amide bonds. The maximum atomic E-state index is 12.2. The average Bonchev–Trinajstić information content (AvgIpc) is 3.16. The lowest BCUT2D eigenvalue weighted by atomic mass is 9.97. The van der Waals surface area contributed by atoms with Gasteiger partial charge in [0, 0.05) is 31.1 Å². The van der Waals surface area contributed by atoms with Gasteiger partial charge >= 0.3 is 12.0 Å². The first-order valence-electron chi connectivity index (χ1n) is 17.0. The molecule has 5 atom stereocenters. The third-order valence-corrected chi connectivity index (χ3v) is 8.97. The minimum atomic E-state index is -0.653. The number of carbonyl (C=O) groups is 2. The molecule has 0 aromatic heterocycles. The normalized spacial score (nSPS) is 18.6. The van der Waals surface area contributed by atoms with Gasteiger partial charge in [0.25, 0.3) is 0 Å². The molecule has 1 aliphatic rings. The van der Waals surface area contributed by atoms with Crippen LogP contribution in [0.4, 0.5) is 4.79 Å². The highest BCUT2D eigenvalue weighted by atomic mass is 16.7. The molecule has 0 spiro atoms. The van der Waals surface area contributed by atoms with E-state index in [1.165, 1.54) is 0 Å². The SMILES string of the molecule is CCOC(=O)CNC(=O)NCc1cccc(-c2cccc([C@@H]3O[C@H](CN(C)[C@@H](C)[C@H](O)c4ccccc4)C[C@H](c4ccc(CO)cc4)O3)c2)c1. The number of benzene rings is 4. The highest BCUT2D eigenvalue weighted by molar-refractivity contribution is 5.80. The Bertz CT molecular complexity index is 1680. The number of aliphatic hydroxyl groups is 2. The highest BCUT2D eigenvalue weighted by Crippen LogP contribution is 2.39. The largest absolute Gasteiger partial charge is 0.465 e. The molecular weight excluding hydrogens is 634 g/mol. The van der Waals surface area contributed by atoms with E-state index in [0.29, 0.717) is 13.0 Å².